The van der Waals surface area contributed by atoms with Crippen LogP contribution in [-0.4, -0.2) is 38.7 Å². The van der Waals surface area contributed by atoms with Gasteiger partial charge < -0.3 is 14.4 Å². The van der Waals surface area contributed by atoms with Crippen LogP contribution in [0.4, 0.5) is 11.4 Å². The first kappa shape index (κ1) is 13.8. The lowest BCUT2D eigenvalue weighted by Crippen LogP contribution is -2.26. The minimum absolute atomic E-state index is 0.000815. The maximum atomic E-state index is 11.1. The number of nitro groups is 1. The van der Waals surface area contributed by atoms with Crippen LogP contribution in [0.25, 0.3) is 0 Å². The van der Waals surface area contributed by atoms with Crippen LogP contribution >= 0.6 is 0 Å². The molecule has 0 amide bonds. The molecule has 0 radical (unpaired) electrons. The molecule has 1 aromatic rings. The summed E-state index contributed by atoms with van der Waals surface area (Å²) in [5.74, 6) is -0.0705. The number of nitro benzene ring substituents is 1. The molecule has 0 heterocycles. The SMILES string of the molecule is COC(=O)CN(C)c1cc(OC)cc([N+](=O)[O-])c1. The fraction of sp³-hybridized carbons (Fsp3) is 0.364. The number of carbonyl (C=O) groups excluding carboxylic acids is 1. The van der Waals surface area contributed by atoms with Gasteiger partial charge in [-0.25, -0.2) is 0 Å². The van der Waals surface area contributed by atoms with E-state index in [2.05, 4.69) is 4.74 Å². The second-order valence-electron chi connectivity index (χ2n) is 3.58. The minimum Gasteiger partial charge on any atom is -0.496 e. The number of carbonyl (C=O) groups is 1. The van der Waals surface area contributed by atoms with E-state index in [0.29, 0.717) is 11.4 Å². The molecule has 0 aliphatic carbocycles. The van der Waals surface area contributed by atoms with Gasteiger partial charge in [-0.05, 0) is 0 Å². The third-order valence-corrected chi connectivity index (χ3v) is 2.36. The molecule has 0 unspecified atom stereocenters. The highest BCUT2D eigenvalue weighted by atomic mass is 16.6. The summed E-state index contributed by atoms with van der Waals surface area (Å²) in [6, 6.07) is 4.29. The Kier molecular flexibility index (Phi) is 4.47. The molecule has 1 rings (SSSR count). The van der Waals surface area contributed by atoms with Gasteiger partial charge in [-0.1, -0.05) is 0 Å². The fourth-order valence-electron chi connectivity index (χ4n) is 1.36. The number of methoxy groups -OCH3 is 2. The molecular weight excluding hydrogens is 240 g/mol. The molecule has 98 valence electrons. The lowest BCUT2D eigenvalue weighted by molar-refractivity contribution is -0.384. The summed E-state index contributed by atoms with van der Waals surface area (Å²) in [5.41, 5.74) is 0.410. The van der Waals surface area contributed by atoms with Crippen molar-refractivity contribution in [3.8, 4) is 5.75 Å². The maximum Gasteiger partial charge on any atom is 0.325 e. The van der Waals surface area contributed by atoms with Gasteiger partial charge in [0.2, 0.25) is 0 Å². The summed E-state index contributed by atoms with van der Waals surface area (Å²) < 4.78 is 9.51. The van der Waals surface area contributed by atoms with Crippen molar-refractivity contribution in [3.05, 3.63) is 28.3 Å². The number of non-ortho nitro benzene ring substituents is 1. The van der Waals surface area contributed by atoms with E-state index in [1.165, 1.54) is 26.4 Å². The molecule has 1 aromatic carbocycles. The van der Waals surface area contributed by atoms with Crippen molar-refractivity contribution >= 4 is 17.3 Å². The lowest BCUT2D eigenvalue weighted by atomic mass is 10.2. The summed E-state index contributed by atoms with van der Waals surface area (Å²) in [6.45, 7) is 0.000815. The van der Waals surface area contributed by atoms with Crippen LogP contribution in [0.15, 0.2) is 18.2 Å². The van der Waals surface area contributed by atoms with Gasteiger partial charge in [0.15, 0.2) is 0 Å². The number of likely N-dealkylation sites (N-methyl/N-ethyl adjacent to an activating group) is 1. The Balaban J connectivity index is 3.03. The third-order valence-electron chi connectivity index (χ3n) is 2.36. The van der Waals surface area contributed by atoms with E-state index >= 15 is 0 Å². The fourth-order valence-corrected chi connectivity index (χ4v) is 1.36. The molecule has 18 heavy (non-hydrogen) atoms. The van der Waals surface area contributed by atoms with Gasteiger partial charge >= 0.3 is 5.97 Å². The zero-order valence-electron chi connectivity index (χ0n) is 10.4. The zero-order valence-corrected chi connectivity index (χ0v) is 10.4. The van der Waals surface area contributed by atoms with Crippen molar-refractivity contribution in [1.82, 2.24) is 0 Å². The Morgan fingerprint density at radius 2 is 2.06 bits per heavy atom. The van der Waals surface area contributed by atoms with Crippen molar-refractivity contribution in [2.75, 3.05) is 32.7 Å². The highest BCUT2D eigenvalue weighted by Gasteiger charge is 2.14. The summed E-state index contributed by atoms with van der Waals surface area (Å²) in [4.78, 5) is 22.9. The second kappa shape index (κ2) is 5.85. The summed E-state index contributed by atoms with van der Waals surface area (Å²) in [6.07, 6.45) is 0. The number of nitrogens with zero attached hydrogens (tertiary/aromatic N) is 2. The van der Waals surface area contributed by atoms with E-state index in [1.54, 1.807) is 18.0 Å². The van der Waals surface area contributed by atoms with E-state index in [9.17, 15) is 14.9 Å². The first-order valence-electron chi connectivity index (χ1n) is 5.09. The third kappa shape index (κ3) is 3.34. The highest BCUT2D eigenvalue weighted by molar-refractivity contribution is 5.76. The Hall–Kier alpha value is -2.31. The Morgan fingerprint density at radius 1 is 1.39 bits per heavy atom. The van der Waals surface area contributed by atoms with Gasteiger partial charge in [0.05, 0.1) is 25.2 Å². The molecule has 7 heteroatoms. The summed E-state index contributed by atoms with van der Waals surface area (Å²) in [5, 5.41) is 10.8. The van der Waals surface area contributed by atoms with Crippen LogP contribution in [-0.2, 0) is 9.53 Å². The van der Waals surface area contributed by atoms with E-state index in [4.69, 9.17) is 4.74 Å². The van der Waals surface area contributed by atoms with Crippen molar-refractivity contribution in [2.45, 2.75) is 0 Å². The Morgan fingerprint density at radius 3 is 2.56 bits per heavy atom. The van der Waals surface area contributed by atoms with Gasteiger partial charge in [0.1, 0.15) is 12.3 Å². The molecule has 0 saturated carbocycles. The van der Waals surface area contributed by atoms with Gasteiger partial charge in [-0.2, -0.15) is 0 Å². The van der Waals surface area contributed by atoms with E-state index in [0.717, 1.165) is 0 Å². The van der Waals surface area contributed by atoms with Crippen LogP contribution in [0.5, 0.6) is 5.75 Å². The smallest absolute Gasteiger partial charge is 0.325 e. The van der Waals surface area contributed by atoms with Crippen LogP contribution in [0.3, 0.4) is 0 Å². The van der Waals surface area contributed by atoms with Crippen molar-refractivity contribution in [2.24, 2.45) is 0 Å². The number of hydrogen-bond acceptors (Lipinski definition) is 6. The molecule has 7 nitrogen and oxygen atoms in total. The average Bonchev–Trinajstić information content (AvgIpc) is 2.37. The van der Waals surface area contributed by atoms with E-state index in [1.807, 2.05) is 0 Å². The minimum atomic E-state index is -0.516. The second-order valence-corrected chi connectivity index (χ2v) is 3.58. The van der Waals surface area contributed by atoms with E-state index < -0.39 is 10.9 Å². The van der Waals surface area contributed by atoms with Gasteiger partial charge in [0, 0.05) is 24.9 Å². The topological polar surface area (TPSA) is 81.9 Å². The van der Waals surface area contributed by atoms with Crippen LogP contribution in [0.1, 0.15) is 0 Å². The van der Waals surface area contributed by atoms with Gasteiger partial charge in [0.25, 0.3) is 5.69 Å². The van der Waals surface area contributed by atoms with Crippen molar-refractivity contribution in [3.63, 3.8) is 0 Å². The Bertz CT molecular complexity index is 461. The normalized spacial score (nSPS) is 9.72. The molecule has 0 aliphatic rings. The molecule has 0 N–H and O–H groups in total. The van der Waals surface area contributed by atoms with Crippen molar-refractivity contribution < 1.29 is 19.2 Å². The first-order valence-corrected chi connectivity index (χ1v) is 5.09. The van der Waals surface area contributed by atoms with E-state index in [-0.39, 0.29) is 12.2 Å². The summed E-state index contributed by atoms with van der Waals surface area (Å²) >= 11 is 0. The van der Waals surface area contributed by atoms with Gasteiger partial charge in [-0.15, -0.1) is 0 Å². The predicted octanol–water partition coefficient (Wildman–Crippen LogP) is 1.21. The number of anilines is 1. The number of esters is 1. The first-order chi connectivity index (χ1) is 8.47. The average molecular weight is 254 g/mol. The lowest BCUT2D eigenvalue weighted by Gasteiger charge is -2.18. The number of rotatable bonds is 5. The molecule has 0 fully saturated rings. The molecule has 0 aromatic heterocycles. The molecule has 0 spiro atoms. The molecule has 0 aliphatic heterocycles. The maximum absolute atomic E-state index is 11.1. The standard InChI is InChI=1S/C11H14N2O5/c1-12(7-11(14)18-3)8-4-9(13(15)16)6-10(5-8)17-2/h4-6H,7H2,1-3H3. The monoisotopic (exact) mass is 254 g/mol. The van der Waals surface area contributed by atoms with Crippen LogP contribution in [0.2, 0.25) is 0 Å². The number of ether oxygens (including phenoxy) is 2. The summed E-state index contributed by atoms with van der Waals surface area (Å²) in [7, 11) is 4.34. The molecule has 0 saturated heterocycles. The predicted molar refractivity (Wildman–Crippen MR) is 64.9 cm³/mol. The quantitative estimate of drug-likeness (QED) is 0.446. The number of benzene rings is 1. The van der Waals surface area contributed by atoms with Crippen LogP contribution < -0.4 is 9.64 Å². The molecule has 0 atom stereocenters. The van der Waals surface area contributed by atoms with Crippen LogP contribution in [0, 0.1) is 10.1 Å². The zero-order chi connectivity index (χ0) is 13.7. The largest absolute Gasteiger partial charge is 0.496 e. The number of hydrogen-bond donors (Lipinski definition) is 0. The molecular formula is C11H14N2O5. The highest BCUT2D eigenvalue weighted by Crippen LogP contribution is 2.27. The molecule has 0 bridgehead atoms. The Labute approximate surface area is 104 Å². The van der Waals surface area contributed by atoms with Crippen molar-refractivity contribution in [1.29, 1.82) is 0 Å². The van der Waals surface area contributed by atoms with Gasteiger partial charge in [-0.3, -0.25) is 14.9 Å².